The van der Waals surface area contributed by atoms with Gasteiger partial charge in [-0.15, -0.1) is 24.8 Å². The van der Waals surface area contributed by atoms with E-state index in [1.807, 2.05) is 44.2 Å². The average Bonchev–Trinajstić information content (AvgIpc) is 2.60. The van der Waals surface area contributed by atoms with Gasteiger partial charge in [0, 0.05) is 63.5 Å². The van der Waals surface area contributed by atoms with Crippen LogP contribution in [0.5, 0.6) is 0 Å². The summed E-state index contributed by atoms with van der Waals surface area (Å²) in [6.07, 6.45) is 4.99. The monoisotopic (exact) mass is 390 g/mol. The maximum atomic E-state index is 12.4. The van der Waals surface area contributed by atoms with Gasteiger partial charge in [-0.3, -0.25) is 9.78 Å². The van der Waals surface area contributed by atoms with E-state index in [0.717, 1.165) is 51.1 Å². The third-order valence-electron chi connectivity index (χ3n) is 4.79. The van der Waals surface area contributed by atoms with Crippen LogP contribution in [-0.2, 0) is 11.2 Å². The number of piperidine rings is 1. The van der Waals surface area contributed by atoms with Crippen LogP contribution in [0.1, 0.15) is 25.5 Å². The molecule has 5 nitrogen and oxygen atoms in total. The van der Waals surface area contributed by atoms with Gasteiger partial charge in [-0.1, -0.05) is 13.0 Å². The van der Waals surface area contributed by atoms with Crippen LogP contribution in [0.2, 0.25) is 0 Å². The molecule has 1 amide bonds. The number of nitrogens with zero attached hydrogens (tertiary/aromatic N) is 3. The number of likely N-dealkylation sites (tertiary alicyclic amines) is 1. The molecule has 1 atom stereocenters. The minimum absolute atomic E-state index is 0. The summed E-state index contributed by atoms with van der Waals surface area (Å²) in [5.41, 5.74) is 1.16. The Bertz CT molecular complexity index is 481. The smallest absolute Gasteiger partial charge is 0.226 e. The highest BCUT2D eigenvalue weighted by Crippen LogP contribution is 2.17. The SMILES string of the molecule is CNCC(C)C(=O)N(C)C1CCN(CCc2ccccn2)CC1.Cl.Cl. The van der Waals surface area contributed by atoms with Crippen LogP contribution in [0, 0.1) is 5.92 Å². The van der Waals surface area contributed by atoms with E-state index in [-0.39, 0.29) is 36.6 Å². The molecular weight excluding hydrogens is 359 g/mol. The van der Waals surface area contributed by atoms with E-state index in [9.17, 15) is 4.79 Å². The van der Waals surface area contributed by atoms with Crippen molar-refractivity contribution in [2.75, 3.05) is 40.3 Å². The maximum Gasteiger partial charge on any atom is 0.226 e. The quantitative estimate of drug-likeness (QED) is 0.775. The first-order valence-corrected chi connectivity index (χ1v) is 8.65. The van der Waals surface area contributed by atoms with Gasteiger partial charge in [-0.2, -0.15) is 0 Å². The number of halogens is 2. The minimum atomic E-state index is 0. The predicted octanol–water partition coefficient (Wildman–Crippen LogP) is 2.25. The van der Waals surface area contributed by atoms with Crippen LogP contribution in [0.25, 0.3) is 0 Å². The van der Waals surface area contributed by atoms with Crippen molar-refractivity contribution in [3.63, 3.8) is 0 Å². The minimum Gasteiger partial charge on any atom is -0.342 e. The van der Waals surface area contributed by atoms with Crippen LogP contribution in [-0.4, -0.2) is 67.0 Å². The van der Waals surface area contributed by atoms with Crippen molar-refractivity contribution in [3.05, 3.63) is 30.1 Å². The van der Waals surface area contributed by atoms with Crippen molar-refractivity contribution in [3.8, 4) is 0 Å². The lowest BCUT2D eigenvalue weighted by Crippen LogP contribution is -2.48. The molecule has 1 aromatic rings. The molecule has 25 heavy (non-hydrogen) atoms. The fourth-order valence-corrected chi connectivity index (χ4v) is 3.27. The zero-order valence-electron chi connectivity index (χ0n) is 15.5. The summed E-state index contributed by atoms with van der Waals surface area (Å²) < 4.78 is 0. The second-order valence-electron chi connectivity index (χ2n) is 6.55. The van der Waals surface area contributed by atoms with Crippen LogP contribution < -0.4 is 5.32 Å². The van der Waals surface area contributed by atoms with Crippen molar-refractivity contribution < 1.29 is 4.79 Å². The van der Waals surface area contributed by atoms with Gasteiger partial charge in [0.1, 0.15) is 0 Å². The molecular formula is C18H32Cl2N4O. The lowest BCUT2D eigenvalue weighted by atomic mass is 10.0. The summed E-state index contributed by atoms with van der Waals surface area (Å²) in [6, 6.07) is 6.47. The first kappa shape index (κ1) is 24.1. The normalized spacial score (nSPS) is 16.4. The third-order valence-corrected chi connectivity index (χ3v) is 4.79. The lowest BCUT2D eigenvalue weighted by molar-refractivity contribution is -0.136. The van der Waals surface area contributed by atoms with E-state index in [0.29, 0.717) is 6.04 Å². The van der Waals surface area contributed by atoms with Crippen LogP contribution in [0.15, 0.2) is 24.4 Å². The van der Waals surface area contributed by atoms with Crippen molar-refractivity contribution in [2.45, 2.75) is 32.2 Å². The summed E-state index contributed by atoms with van der Waals surface area (Å²) in [6.45, 7) is 5.92. The zero-order valence-corrected chi connectivity index (χ0v) is 17.1. The highest BCUT2D eigenvalue weighted by Gasteiger charge is 2.27. The Hall–Kier alpha value is -0.880. The Kier molecular flexibility index (Phi) is 12.0. The molecule has 144 valence electrons. The maximum absolute atomic E-state index is 12.4. The molecule has 0 bridgehead atoms. The number of aromatic nitrogens is 1. The zero-order chi connectivity index (χ0) is 16.7. The first-order valence-electron chi connectivity index (χ1n) is 8.65. The van der Waals surface area contributed by atoms with Crippen LogP contribution in [0.3, 0.4) is 0 Å². The van der Waals surface area contributed by atoms with Crippen molar-refractivity contribution in [1.82, 2.24) is 20.1 Å². The fourth-order valence-electron chi connectivity index (χ4n) is 3.27. The van der Waals surface area contributed by atoms with Crippen LogP contribution >= 0.6 is 24.8 Å². The first-order chi connectivity index (χ1) is 11.1. The molecule has 0 radical (unpaired) electrons. The molecule has 7 heteroatoms. The summed E-state index contributed by atoms with van der Waals surface area (Å²) in [5, 5.41) is 3.08. The molecule has 0 aliphatic carbocycles. The third kappa shape index (κ3) is 7.48. The number of amides is 1. The van der Waals surface area contributed by atoms with E-state index >= 15 is 0 Å². The molecule has 0 spiro atoms. The molecule has 1 saturated heterocycles. The van der Waals surface area contributed by atoms with Gasteiger partial charge < -0.3 is 15.1 Å². The molecule has 1 fully saturated rings. The molecule has 0 saturated carbocycles. The molecule has 2 rings (SSSR count). The summed E-state index contributed by atoms with van der Waals surface area (Å²) >= 11 is 0. The molecule has 1 aliphatic heterocycles. The largest absolute Gasteiger partial charge is 0.342 e. The van der Waals surface area contributed by atoms with Gasteiger partial charge in [0.25, 0.3) is 0 Å². The van der Waals surface area contributed by atoms with Crippen LogP contribution in [0.4, 0.5) is 0 Å². The summed E-state index contributed by atoms with van der Waals surface area (Å²) in [5.74, 6) is 0.304. The van der Waals surface area contributed by atoms with Gasteiger partial charge in [-0.25, -0.2) is 0 Å². The number of carbonyl (C=O) groups is 1. The van der Waals surface area contributed by atoms with Gasteiger partial charge >= 0.3 is 0 Å². The highest BCUT2D eigenvalue weighted by molar-refractivity contribution is 5.85. The molecule has 1 N–H and O–H groups in total. The lowest BCUT2D eigenvalue weighted by Gasteiger charge is -2.37. The molecule has 0 aromatic carbocycles. The summed E-state index contributed by atoms with van der Waals surface area (Å²) in [4.78, 5) is 21.2. The van der Waals surface area contributed by atoms with E-state index < -0.39 is 0 Å². The van der Waals surface area contributed by atoms with Gasteiger partial charge in [0.15, 0.2) is 0 Å². The molecule has 1 unspecified atom stereocenters. The second kappa shape index (κ2) is 12.5. The van der Waals surface area contributed by atoms with E-state index in [2.05, 4.69) is 21.3 Å². The van der Waals surface area contributed by atoms with Crippen molar-refractivity contribution >= 4 is 30.7 Å². The summed E-state index contributed by atoms with van der Waals surface area (Å²) in [7, 11) is 3.85. The van der Waals surface area contributed by atoms with Crippen molar-refractivity contribution in [1.29, 1.82) is 0 Å². The van der Waals surface area contributed by atoms with E-state index in [1.54, 1.807) is 0 Å². The Morgan fingerprint density at radius 3 is 2.60 bits per heavy atom. The Labute approximate surface area is 164 Å². The number of carbonyl (C=O) groups excluding carboxylic acids is 1. The van der Waals surface area contributed by atoms with Gasteiger partial charge in [0.2, 0.25) is 5.91 Å². The Balaban J connectivity index is 0.00000288. The number of rotatable bonds is 7. The van der Waals surface area contributed by atoms with Crippen molar-refractivity contribution in [2.24, 2.45) is 5.92 Å². The average molecular weight is 391 g/mol. The Morgan fingerprint density at radius 1 is 1.36 bits per heavy atom. The standard InChI is InChI=1S/C18H30N4O.2ClH/c1-15(14-19-2)18(23)21(3)17-8-12-22(13-9-17)11-7-16-6-4-5-10-20-16;;/h4-6,10,15,17,19H,7-9,11-14H2,1-3H3;2*1H. The number of hydrogen-bond donors (Lipinski definition) is 1. The number of hydrogen-bond acceptors (Lipinski definition) is 4. The van der Waals surface area contributed by atoms with E-state index in [1.165, 1.54) is 0 Å². The topological polar surface area (TPSA) is 48.5 Å². The van der Waals surface area contributed by atoms with Gasteiger partial charge in [-0.05, 0) is 32.0 Å². The van der Waals surface area contributed by atoms with E-state index in [4.69, 9.17) is 0 Å². The molecule has 1 aliphatic rings. The second-order valence-corrected chi connectivity index (χ2v) is 6.55. The number of pyridine rings is 1. The molecule has 2 heterocycles. The van der Waals surface area contributed by atoms with Gasteiger partial charge in [0.05, 0.1) is 0 Å². The number of nitrogens with one attached hydrogen (secondary N) is 1. The fraction of sp³-hybridized carbons (Fsp3) is 0.667. The Morgan fingerprint density at radius 2 is 2.04 bits per heavy atom. The molecule has 1 aromatic heterocycles. The highest BCUT2D eigenvalue weighted by atomic mass is 35.5. The predicted molar refractivity (Wildman–Crippen MR) is 108 cm³/mol.